The Morgan fingerprint density at radius 1 is 0.878 bits per heavy atom. The van der Waals surface area contributed by atoms with Crippen LogP contribution in [0.25, 0.3) is 10.9 Å². The van der Waals surface area contributed by atoms with Crippen molar-refractivity contribution in [1.29, 1.82) is 0 Å². The minimum Gasteiger partial charge on any atom is -0.385 e. The number of ketones is 2. The van der Waals surface area contributed by atoms with Crippen LogP contribution in [0.1, 0.15) is 125 Å². The van der Waals surface area contributed by atoms with Gasteiger partial charge in [-0.25, -0.2) is 8.78 Å². The molecule has 3 aliphatic rings. The van der Waals surface area contributed by atoms with Crippen molar-refractivity contribution in [1.82, 2.24) is 14.7 Å². The number of hydrogen-bond donors (Lipinski definition) is 1. The molecule has 2 aromatic carbocycles. The lowest BCUT2D eigenvalue weighted by Crippen LogP contribution is -2.42. The molecule has 4 heterocycles. The van der Waals surface area contributed by atoms with Crippen molar-refractivity contribution in [3.63, 3.8) is 0 Å². The average Bonchev–Trinajstić information content (AvgIpc) is 3.65. The van der Waals surface area contributed by atoms with E-state index < -0.39 is 23.9 Å². The van der Waals surface area contributed by atoms with Crippen molar-refractivity contribution < 1.29 is 23.2 Å². The molecule has 0 unspecified atom stereocenters. The summed E-state index contributed by atoms with van der Waals surface area (Å²) in [5.41, 5.74) is 3.07. The zero-order chi connectivity index (χ0) is 34.8. The first kappa shape index (κ1) is 36.9. The van der Waals surface area contributed by atoms with E-state index in [1.54, 1.807) is 12.1 Å². The molecule has 0 spiro atoms. The molecule has 1 aromatic heterocycles. The maximum Gasteiger partial charge on any atom is 0.245 e. The molecular weight excluding hydrogens is 646 g/mol. The highest BCUT2D eigenvalue weighted by molar-refractivity contribution is 6.30. The van der Waals surface area contributed by atoms with Crippen molar-refractivity contribution in [2.45, 2.75) is 135 Å². The lowest BCUT2D eigenvalue weighted by atomic mass is 9.98. The molecule has 6 rings (SSSR count). The van der Waals surface area contributed by atoms with Gasteiger partial charge >= 0.3 is 0 Å². The van der Waals surface area contributed by atoms with Crippen molar-refractivity contribution in [2.24, 2.45) is 0 Å². The number of aromatic nitrogens is 2. The topological polar surface area (TPSA) is 84.3 Å². The monoisotopic (exact) mass is 696 g/mol. The van der Waals surface area contributed by atoms with Crippen molar-refractivity contribution in [2.75, 3.05) is 18.4 Å². The van der Waals surface area contributed by atoms with Crippen LogP contribution in [-0.2, 0) is 29.0 Å². The molecule has 3 aromatic rings. The van der Waals surface area contributed by atoms with Crippen molar-refractivity contribution in [3.05, 3.63) is 58.0 Å². The summed E-state index contributed by atoms with van der Waals surface area (Å²) in [6, 6.07) is 8.16. The van der Waals surface area contributed by atoms with E-state index in [2.05, 4.69) is 10.4 Å². The molecular formula is C39H51ClF2N4O3. The fourth-order valence-corrected chi connectivity index (χ4v) is 7.61. The number of fused-ring (bicyclic) bond motifs is 19. The molecule has 10 heteroatoms. The Morgan fingerprint density at radius 2 is 1.53 bits per heavy atom. The van der Waals surface area contributed by atoms with E-state index in [-0.39, 0.29) is 54.6 Å². The summed E-state index contributed by atoms with van der Waals surface area (Å²) in [5.74, 6) is -1.52. The zero-order valence-corrected chi connectivity index (χ0v) is 29.6. The van der Waals surface area contributed by atoms with Gasteiger partial charge in [0.15, 0.2) is 11.6 Å². The highest BCUT2D eigenvalue weighted by Gasteiger charge is 2.39. The number of alkyl halides is 1. The Balaban J connectivity index is 1.31. The highest BCUT2D eigenvalue weighted by atomic mass is 35.5. The second-order valence-corrected chi connectivity index (χ2v) is 14.4. The van der Waals surface area contributed by atoms with Gasteiger partial charge in [0, 0.05) is 37.4 Å². The van der Waals surface area contributed by atoms with Gasteiger partial charge in [-0.05, 0) is 61.1 Å². The van der Waals surface area contributed by atoms with Gasteiger partial charge in [-0.15, -0.1) is 0 Å². The Labute approximate surface area is 294 Å². The third-order valence-corrected chi connectivity index (χ3v) is 10.4. The molecule has 1 amide bonds. The molecule has 0 radical (unpaired) electrons. The molecule has 1 N–H and O–H groups in total. The highest BCUT2D eigenvalue weighted by Crippen LogP contribution is 2.28. The second kappa shape index (κ2) is 18.1. The summed E-state index contributed by atoms with van der Waals surface area (Å²) in [4.78, 5) is 40.9. The van der Waals surface area contributed by atoms with Crippen LogP contribution in [0.5, 0.6) is 0 Å². The van der Waals surface area contributed by atoms with Gasteiger partial charge in [0.25, 0.3) is 0 Å². The number of halogens is 3. The third kappa shape index (κ3) is 10.1. The van der Waals surface area contributed by atoms with E-state index in [0.717, 1.165) is 43.5 Å². The van der Waals surface area contributed by atoms with Gasteiger partial charge < -0.3 is 10.2 Å². The fourth-order valence-electron chi connectivity index (χ4n) is 7.34. The largest absolute Gasteiger partial charge is 0.385 e. The number of amides is 1. The first-order valence-electron chi connectivity index (χ1n) is 18.4. The first-order chi connectivity index (χ1) is 23.7. The summed E-state index contributed by atoms with van der Waals surface area (Å²) in [7, 11) is 0. The number of carbonyl (C=O) groups is 3. The maximum absolute atomic E-state index is 15.0. The zero-order valence-electron chi connectivity index (χ0n) is 28.9. The minimum atomic E-state index is -1.34. The van der Waals surface area contributed by atoms with E-state index in [1.807, 2.05) is 18.2 Å². The average molecular weight is 697 g/mol. The van der Waals surface area contributed by atoms with Gasteiger partial charge in [0.05, 0.1) is 23.1 Å². The SMILES string of the molecule is CC(=O)c1nn2c3ccc(cc13)NCCCCCCCCCCCCCCCc1cc(Cl)c(F)c(c1)CCC(=O)[C@@H]1C[C@@H](F)CN1C(=O)C2. The summed E-state index contributed by atoms with van der Waals surface area (Å²) in [6.45, 7) is 1.84. The van der Waals surface area contributed by atoms with E-state index in [0.29, 0.717) is 16.5 Å². The molecule has 0 saturated carbocycles. The van der Waals surface area contributed by atoms with Crippen LogP contribution in [0.4, 0.5) is 14.5 Å². The number of nitrogens with zero attached hydrogens (tertiary/aromatic N) is 3. The second-order valence-electron chi connectivity index (χ2n) is 14.0. The van der Waals surface area contributed by atoms with Gasteiger partial charge in [-0.3, -0.25) is 19.1 Å². The fraction of sp³-hybridized carbons (Fsp3) is 0.590. The predicted octanol–water partition coefficient (Wildman–Crippen LogP) is 9.21. The van der Waals surface area contributed by atoms with Crippen LogP contribution < -0.4 is 5.32 Å². The molecule has 1 fully saturated rings. The number of aryl methyl sites for hydroxylation is 2. The van der Waals surface area contributed by atoms with Crippen molar-refractivity contribution in [3.8, 4) is 0 Å². The van der Waals surface area contributed by atoms with Crippen LogP contribution in [0.2, 0.25) is 5.02 Å². The summed E-state index contributed by atoms with van der Waals surface area (Å²) < 4.78 is 31.2. The van der Waals surface area contributed by atoms with E-state index in [9.17, 15) is 18.8 Å². The Kier molecular flexibility index (Phi) is 13.6. The Bertz CT molecular complexity index is 1610. The Hall–Kier alpha value is -3.33. The normalized spacial score (nSPS) is 21.8. The quantitative estimate of drug-likeness (QED) is 0.257. The van der Waals surface area contributed by atoms with Crippen LogP contribution in [0.3, 0.4) is 0 Å². The summed E-state index contributed by atoms with van der Waals surface area (Å²) >= 11 is 6.26. The predicted molar refractivity (Wildman–Crippen MR) is 192 cm³/mol. The van der Waals surface area contributed by atoms with Gasteiger partial charge in [-0.2, -0.15) is 5.10 Å². The Morgan fingerprint density at radius 3 is 2.20 bits per heavy atom. The van der Waals surface area contributed by atoms with E-state index in [4.69, 9.17) is 11.6 Å². The first-order valence-corrected chi connectivity index (χ1v) is 18.8. The number of hydrogen-bond acceptors (Lipinski definition) is 5. The standard InChI is InChI=1S/C39H51ClF2N4O3/c1-27(47)39-32-24-31-17-18-34(32)46(44-39)26-37(49)45-25-30(41)23-35(45)36(48)19-16-29-21-28(22-33(40)38(29)42)15-13-11-9-7-5-3-2-4-6-8-10-12-14-20-43-31/h17-18,21-22,24,30,35,43H,2-16,19-20,23,25-26H2,1H3/t30-,35+/m1/s1. The summed E-state index contributed by atoms with van der Waals surface area (Å²) in [5, 5.41) is 8.62. The third-order valence-electron chi connectivity index (χ3n) is 10.1. The lowest BCUT2D eigenvalue weighted by molar-refractivity contribution is -0.138. The lowest BCUT2D eigenvalue weighted by Gasteiger charge is -2.23. The molecule has 6 bridgehead atoms. The number of benzene rings is 2. The number of rotatable bonds is 1. The maximum atomic E-state index is 15.0. The molecule has 266 valence electrons. The van der Waals surface area contributed by atoms with E-state index in [1.165, 1.54) is 80.7 Å². The summed E-state index contributed by atoms with van der Waals surface area (Å²) in [6.07, 6.45) is 15.1. The smallest absolute Gasteiger partial charge is 0.245 e. The molecule has 2 atom stereocenters. The number of nitrogens with one attached hydrogen (secondary N) is 1. The van der Waals surface area contributed by atoms with Gasteiger partial charge in [0.2, 0.25) is 5.91 Å². The van der Waals surface area contributed by atoms with Crippen LogP contribution >= 0.6 is 11.6 Å². The molecule has 3 aliphatic heterocycles. The molecule has 1 saturated heterocycles. The number of carbonyl (C=O) groups excluding carboxylic acids is 3. The van der Waals surface area contributed by atoms with Crippen LogP contribution in [0, 0.1) is 5.82 Å². The van der Waals surface area contributed by atoms with Crippen LogP contribution in [0.15, 0.2) is 30.3 Å². The molecule has 0 aliphatic carbocycles. The molecule has 7 nitrogen and oxygen atoms in total. The number of anilines is 1. The van der Waals surface area contributed by atoms with Crippen LogP contribution in [-0.4, -0.2) is 57.5 Å². The van der Waals surface area contributed by atoms with E-state index >= 15 is 4.39 Å². The van der Waals surface area contributed by atoms with Crippen molar-refractivity contribution >= 4 is 45.7 Å². The minimum absolute atomic E-state index is 0.0349. The number of Topliss-reactive ketones (excluding diaryl/α,β-unsaturated/α-hetero) is 2. The van der Waals surface area contributed by atoms with Gasteiger partial charge in [0.1, 0.15) is 24.2 Å². The molecule has 49 heavy (non-hydrogen) atoms. The van der Waals surface area contributed by atoms with Gasteiger partial charge in [-0.1, -0.05) is 88.3 Å².